The summed E-state index contributed by atoms with van der Waals surface area (Å²) in [5.41, 5.74) is 5.20. The van der Waals surface area contributed by atoms with Crippen LogP contribution in [-0.4, -0.2) is 53.9 Å². The highest BCUT2D eigenvalue weighted by molar-refractivity contribution is 5.94. The lowest BCUT2D eigenvalue weighted by molar-refractivity contribution is 0.0901. The number of benzene rings is 3. The van der Waals surface area contributed by atoms with Crippen LogP contribution in [0, 0.1) is 6.92 Å². The van der Waals surface area contributed by atoms with Gasteiger partial charge in [-0.2, -0.15) is 5.10 Å². The van der Waals surface area contributed by atoms with Gasteiger partial charge in [0.25, 0.3) is 5.91 Å². The normalized spacial score (nSPS) is 14.3. The number of amides is 1. The summed E-state index contributed by atoms with van der Waals surface area (Å²) < 4.78 is 12.7. The molecule has 1 fully saturated rings. The maximum Gasteiger partial charge on any atom is 0.270 e. The monoisotopic (exact) mass is 510 g/mol. The van der Waals surface area contributed by atoms with Crippen molar-refractivity contribution in [3.63, 3.8) is 0 Å². The Balaban J connectivity index is 1.37. The smallest absolute Gasteiger partial charge is 0.270 e. The molecule has 196 valence electrons. The molecule has 1 aliphatic rings. The van der Waals surface area contributed by atoms with Gasteiger partial charge in [-0.15, -0.1) is 0 Å². The Hall–Kier alpha value is -4.10. The molecule has 0 saturated carbocycles. The van der Waals surface area contributed by atoms with Gasteiger partial charge in [0, 0.05) is 37.3 Å². The highest BCUT2D eigenvalue weighted by atomic mass is 16.5. The van der Waals surface area contributed by atoms with Gasteiger partial charge in [0.1, 0.15) is 17.2 Å². The fourth-order valence-corrected chi connectivity index (χ4v) is 4.98. The van der Waals surface area contributed by atoms with E-state index in [1.807, 2.05) is 61.5 Å². The molecule has 1 N–H and O–H groups in total. The first-order valence-electron chi connectivity index (χ1n) is 13.0. The number of likely N-dealkylation sites (tertiary alicyclic amines) is 1. The number of aryl methyl sites for hydroxylation is 1. The minimum Gasteiger partial charge on any atom is -0.497 e. The van der Waals surface area contributed by atoms with Gasteiger partial charge in [0.15, 0.2) is 0 Å². The van der Waals surface area contributed by atoms with E-state index in [2.05, 4.69) is 34.5 Å². The lowest BCUT2D eigenvalue weighted by Gasteiger charge is -2.32. The molecule has 0 unspecified atom stereocenters. The molecular formula is C31H34N4O3. The third-order valence-electron chi connectivity index (χ3n) is 7.04. The van der Waals surface area contributed by atoms with E-state index >= 15 is 0 Å². The zero-order valence-corrected chi connectivity index (χ0v) is 22.2. The van der Waals surface area contributed by atoms with Gasteiger partial charge in [0.2, 0.25) is 0 Å². The molecule has 0 radical (unpaired) electrons. The van der Waals surface area contributed by atoms with E-state index in [1.54, 1.807) is 18.9 Å². The van der Waals surface area contributed by atoms with Crippen molar-refractivity contribution in [2.75, 3.05) is 27.3 Å². The number of hydrogen-bond acceptors (Lipinski definition) is 5. The highest BCUT2D eigenvalue weighted by Gasteiger charge is 2.25. The van der Waals surface area contributed by atoms with Crippen molar-refractivity contribution in [2.45, 2.75) is 32.4 Å². The van der Waals surface area contributed by atoms with E-state index in [4.69, 9.17) is 14.6 Å². The van der Waals surface area contributed by atoms with E-state index in [1.165, 1.54) is 5.56 Å². The van der Waals surface area contributed by atoms with Crippen LogP contribution in [0.2, 0.25) is 0 Å². The zero-order valence-electron chi connectivity index (χ0n) is 22.2. The van der Waals surface area contributed by atoms with Gasteiger partial charge in [-0.05, 0) is 61.2 Å². The summed E-state index contributed by atoms with van der Waals surface area (Å²) in [4.78, 5) is 16.1. The molecule has 0 bridgehead atoms. The largest absolute Gasteiger partial charge is 0.497 e. The van der Waals surface area contributed by atoms with E-state index in [9.17, 15) is 4.79 Å². The molecule has 0 atom stereocenters. The Morgan fingerprint density at radius 1 is 0.947 bits per heavy atom. The van der Waals surface area contributed by atoms with Crippen LogP contribution in [-0.2, 0) is 6.54 Å². The maximum atomic E-state index is 13.6. The molecule has 0 spiro atoms. The Morgan fingerprint density at radius 2 is 1.74 bits per heavy atom. The average Bonchev–Trinajstić information content (AvgIpc) is 3.40. The molecule has 38 heavy (non-hydrogen) atoms. The molecule has 1 saturated heterocycles. The van der Waals surface area contributed by atoms with Crippen molar-refractivity contribution >= 4 is 5.91 Å². The summed E-state index contributed by atoms with van der Waals surface area (Å²) in [5, 5.41) is 8.13. The van der Waals surface area contributed by atoms with Crippen molar-refractivity contribution in [3.8, 4) is 28.4 Å². The van der Waals surface area contributed by atoms with Crippen LogP contribution < -0.4 is 14.8 Å². The SMILES string of the molecule is COc1ccc(-c2cc(C(=O)NC3CCN(Cc4ccccc4)CC3)n(-c3cccc(C)c3)n2)c(OC)c1. The third-order valence-corrected chi connectivity index (χ3v) is 7.04. The van der Waals surface area contributed by atoms with Crippen molar-refractivity contribution < 1.29 is 14.3 Å². The first-order chi connectivity index (χ1) is 18.5. The molecule has 1 amide bonds. The van der Waals surface area contributed by atoms with Crippen molar-refractivity contribution in [1.29, 1.82) is 0 Å². The molecular weight excluding hydrogens is 476 g/mol. The summed E-state index contributed by atoms with van der Waals surface area (Å²) in [6.07, 6.45) is 1.83. The Bertz CT molecular complexity index is 1390. The molecule has 2 heterocycles. The fraction of sp³-hybridized carbons (Fsp3) is 0.290. The van der Waals surface area contributed by atoms with E-state index in [0.717, 1.165) is 49.3 Å². The maximum absolute atomic E-state index is 13.6. The fourth-order valence-electron chi connectivity index (χ4n) is 4.98. The van der Waals surface area contributed by atoms with E-state index in [-0.39, 0.29) is 11.9 Å². The van der Waals surface area contributed by atoms with Crippen molar-refractivity contribution in [3.05, 3.63) is 95.7 Å². The number of methoxy groups -OCH3 is 2. The first-order valence-corrected chi connectivity index (χ1v) is 13.0. The number of ether oxygens (including phenoxy) is 2. The van der Waals surface area contributed by atoms with Crippen LogP contribution in [0.25, 0.3) is 16.9 Å². The molecule has 3 aromatic carbocycles. The van der Waals surface area contributed by atoms with E-state index < -0.39 is 0 Å². The third kappa shape index (κ3) is 5.73. The minimum absolute atomic E-state index is 0.120. The van der Waals surface area contributed by atoms with Gasteiger partial charge in [0.05, 0.1) is 25.6 Å². The first kappa shape index (κ1) is 25.5. The van der Waals surface area contributed by atoms with Crippen molar-refractivity contribution in [1.82, 2.24) is 20.0 Å². The minimum atomic E-state index is -0.126. The number of nitrogens with one attached hydrogen (secondary N) is 1. The molecule has 5 rings (SSSR count). The second kappa shape index (κ2) is 11.5. The predicted octanol–water partition coefficient (Wildman–Crippen LogP) is 5.26. The van der Waals surface area contributed by atoms with Gasteiger partial charge >= 0.3 is 0 Å². The molecule has 1 aliphatic heterocycles. The molecule has 7 heteroatoms. The van der Waals surface area contributed by atoms with Crippen molar-refractivity contribution in [2.24, 2.45) is 0 Å². The summed E-state index contributed by atoms with van der Waals surface area (Å²) in [5.74, 6) is 1.20. The Labute approximate surface area is 224 Å². The number of rotatable bonds is 8. The van der Waals surface area contributed by atoms with Gasteiger partial charge < -0.3 is 14.8 Å². The van der Waals surface area contributed by atoms with Gasteiger partial charge in [-0.25, -0.2) is 4.68 Å². The van der Waals surface area contributed by atoms with Crippen LogP contribution in [0.1, 0.15) is 34.5 Å². The number of carbonyl (C=O) groups is 1. The summed E-state index contributed by atoms with van der Waals surface area (Å²) in [6, 6.07) is 26.1. The highest BCUT2D eigenvalue weighted by Crippen LogP contribution is 2.33. The average molecular weight is 511 g/mol. The Morgan fingerprint density at radius 3 is 2.45 bits per heavy atom. The van der Waals surface area contributed by atoms with Crippen LogP contribution in [0.15, 0.2) is 78.9 Å². The predicted molar refractivity (Wildman–Crippen MR) is 149 cm³/mol. The van der Waals surface area contributed by atoms with Crippen LogP contribution in [0.5, 0.6) is 11.5 Å². The molecule has 0 aliphatic carbocycles. The number of nitrogens with zero attached hydrogens (tertiary/aromatic N) is 3. The second-order valence-corrected chi connectivity index (χ2v) is 9.74. The van der Waals surface area contributed by atoms with E-state index in [0.29, 0.717) is 22.9 Å². The lowest BCUT2D eigenvalue weighted by atomic mass is 10.0. The summed E-state index contributed by atoms with van der Waals surface area (Å²) in [6.45, 7) is 4.87. The van der Waals surface area contributed by atoms with Gasteiger partial charge in [-0.1, -0.05) is 42.5 Å². The standard InChI is InChI=1S/C31H34N4O3/c1-22-8-7-11-25(18-22)35-29(20-28(33-35)27-13-12-26(37-2)19-30(27)38-3)31(36)32-24-14-16-34(17-15-24)21-23-9-5-4-6-10-23/h4-13,18-20,24H,14-17,21H2,1-3H3,(H,32,36). The zero-order chi connectivity index (χ0) is 26.5. The number of piperidine rings is 1. The van der Waals surface area contributed by atoms with Gasteiger partial charge in [-0.3, -0.25) is 9.69 Å². The summed E-state index contributed by atoms with van der Waals surface area (Å²) >= 11 is 0. The Kier molecular flexibility index (Phi) is 7.75. The number of carbonyl (C=O) groups excluding carboxylic acids is 1. The molecule has 7 nitrogen and oxygen atoms in total. The lowest BCUT2D eigenvalue weighted by Crippen LogP contribution is -2.44. The number of aromatic nitrogens is 2. The second-order valence-electron chi connectivity index (χ2n) is 9.74. The quantitative estimate of drug-likeness (QED) is 0.350. The molecule has 1 aromatic heterocycles. The van der Waals surface area contributed by atoms with Crippen LogP contribution >= 0.6 is 0 Å². The van der Waals surface area contributed by atoms with Crippen LogP contribution in [0.3, 0.4) is 0 Å². The van der Waals surface area contributed by atoms with Crippen LogP contribution in [0.4, 0.5) is 0 Å². The number of hydrogen-bond donors (Lipinski definition) is 1. The summed E-state index contributed by atoms with van der Waals surface area (Å²) in [7, 11) is 3.24. The molecule has 4 aromatic rings. The topological polar surface area (TPSA) is 68.6 Å².